The fraction of sp³-hybridized carbons (Fsp3) is 0.222. The number of nitrogens with zero attached hydrogens (tertiary/aromatic N) is 3. The van der Waals surface area contributed by atoms with Crippen molar-refractivity contribution in [3.63, 3.8) is 0 Å². The van der Waals surface area contributed by atoms with Crippen LogP contribution in [0.3, 0.4) is 0 Å². The largest absolute Gasteiger partial charge is 0.322 e. The Labute approximate surface area is 199 Å². The van der Waals surface area contributed by atoms with E-state index >= 15 is 0 Å². The van der Waals surface area contributed by atoms with E-state index in [0.29, 0.717) is 16.3 Å². The summed E-state index contributed by atoms with van der Waals surface area (Å²) in [4.78, 5) is 17.3. The fourth-order valence-corrected chi connectivity index (χ4v) is 4.32. The highest BCUT2D eigenvalue weighted by Crippen LogP contribution is 2.32. The molecule has 0 aliphatic heterocycles. The van der Waals surface area contributed by atoms with E-state index < -0.39 is 0 Å². The number of aromatic nitrogens is 3. The van der Waals surface area contributed by atoms with Gasteiger partial charge in [-0.3, -0.25) is 14.5 Å². The third-order valence-electron chi connectivity index (χ3n) is 6.10. The summed E-state index contributed by atoms with van der Waals surface area (Å²) in [5.74, 6) is -0.180. The van der Waals surface area contributed by atoms with Crippen molar-refractivity contribution in [3.05, 3.63) is 100 Å². The van der Waals surface area contributed by atoms with Gasteiger partial charge in [-0.1, -0.05) is 36.7 Å². The van der Waals surface area contributed by atoms with Crippen molar-refractivity contribution in [1.29, 1.82) is 0 Å². The number of rotatable bonds is 6. The average Bonchev–Trinajstić information content (AvgIpc) is 3.18. The summed E-state index contributed by atoms with van der Waals surface area (Å²) in [6.45, 7) is 8.40. The smallest absolute Gasteiger partial charge is 0.255 e. The van der Waals surface area contributed by atoms with Crippen LogP contribution in [0, 0.1) is 13.8 Å². The molecule has 0 bridgehead atoms. The van der Waals surface area contributed by atoms with Gasteiger partial charge in [0.05, 0.1) is 21.9 Å². The Kier molecular flexibility index (Phi) is 6.34. The Bertz CT molecular complexity index is 1280. The van der Waals surface area contributed by atoms with Crippen LogP contribution in [0.25, 0.3) is 11.3 Å². The molecule has 0 saturated carbocycles. The van der Waals surface area contributed by atoms with Gasteiger partial charge < -0.3 is 5.32 Å². The molecule has 0 aliphatic carbocycles. The van der Waals surface area contributed by atoms with Crippen LogP contribution < -0.4 is 5.32 Å². The highest BCUT2D eigenvalue weighted by atomic mass is 35.5. The first-order valence-corrected chi connectivity index (χ1v) is 11.4. The summed E-state index contributed by atoms with van der Waals surface area (Å²) in [7, 11) is 0. The molecule has 33 heavy (non-hydrogen) atoms. The minimum Gasteiger partial charge on any atom is -0.322 e. The standard InChI is InChI=1S/C27H27ClN4O/c1-5-27(4,32-19(3)16-18(2)31-32)21-11-9-20(10-12-21)26(33)30-22-13-14-24(28)23(17-22)25-8-6-7-15-29-25/h6-17H,5H2,1-4H3,(H,30,33). The Morgan fingerprint density at radius 1 is 1.06 bits per heavy atom. The lowest BCUT2D eigenvalue weighted by molar-refractivity contribution is 0.102. The highest BCUT2D eigenvalue weighted by molar-refractivity contribution is 6.33. The molecule has 1 N–H and O–H groups in total. The predicted octanol–water partition coefficient (Wildman–Crippen LogP) is 6.64. The van der Waals surface area contributed by atoms with Gasteiger partial charge in [0.2, 0.25) is 0 Å². The summed E-state index contributed by atoms with van der Waals surface area (Å²) in [5, 5.41) is 8.26. The lowest BCUT2D eigenvalue weighted by Gasteiger charge is -2.31. The van der Waals surface area contributed by atoms with Crippen molar-refractivity contribution >= 4 is 23.2 Å². The number of benzene rings is 2. The predicted molar refractivity (Wildman–Crippen MR) is 134 cm³/mol. The van der Waals surface area contributed by atoms with E-state index in [-0.39, 0.29) is 11.4 Å². The molecule has 0 aliphatic rings. The zero-order valence-electron chi connectivity index (χ0n) is 19.3. The van der Waals surface area contributed by atoms with E-state index in [2.05, 4.69) is 41.8 Å². The second-order valence-corrected chi connectivity index (χ2v) is 8.81. The molecule has 168 valence electrons. The van der Waals surface area contributed by atoms with E-state index in [0.717, 1.165) is 34.6 Å². The fourth-order valence-electron chi connectivity index (χ4n) is 4.11. The van der Waals surface area contributed by atoms with Crippen LogP contribution in [0.15, 0.2) is 72.9 Å². The van der Waals surface area contributed by atoms with Crippen molar-refractivity contribution in [2.75, 3.05) is 5.32 Å². The number of hydrogen-bond donors (Lipinski definition) is 1. The second kappa shape index (κ2) is 9.20. The van der Waals surface area contributed by atoms with E-state index in [4.69, 9.17) is 16.7 Å². The molecule has 0 spiro atoms. The minimum absolute atomic E-state index is 0.180. The number of halogens is 1. The van der Waals surface area contributed by atoms with E-state index in [1.807, 2.05) is 55.5 Å². The topological polar surface area (TPSA) is 59.8 Å². The Morgan fingerprint density at radius 3 is 2.42 bits per heavy atom. The highest BCUT2D eigenvalue weighted by Gasteiger charge is 2.29. The van der Waals surface area contributed by atoms with Gasteiger partial charge in [-0.2, -0.15) is 5.10 Å². The molecule has 2 aromatic carbocycles. The molecule has 1 amide bonds. The van der Waals surface area contributed by atoms with Crippen molar-refractivity contribution in [2.45, 2.75) is 39.7 Å². The first kappa shape index (κ1) is 22.7. The molecule has 5 nitrogen and oxygen atoms in total. The maximum absolute atomic E-state index is 12.9. The van der Waals surface area contributed by atoms with Crippen LogP contribution in [0.5, 0.6) is 0 Å². The van der Waals surface area contributed by atoms with Crippen molar-refractivity contribution in [2.24, 2.45) is 0 Å². The Morgan fingerprint density at radius 2 is 1.82 bits per heavy atom. The van der Waals surface area contributed by atoms with Gasteiger partial charge in [0, 0.05) is 28.7 Å². The lowest BCUT2D eigenvalue weighted by Crippen LogP contribution is -2.33. The van der Waals surface area contributed by atoms with Gasteiger partial charge in [-0.25, -0.2) is 0 Å². The van der Waals surface area contributed by atoms with E-state index in [1.54, 1.807) is 18.3 Å². The molecule has 2 aromatic heterocycles. The normalized spacial score (nSPS) is 12.9. The molecule has 0 fully saturated rings. The van der Waals surface area contributed by atoms with Gasteiger partial charge >= 0.3 is 0 Å². The number of nitrogens with one attached hydrogen (secondary N) is 1. The Balaban J connectivity index is 1.56. The number of carbonyl (C=O) groups is 1. The van der Waals surface area contributed by atoms with Crippen LogP contribution in [0.4, 0.5) is 5.69 Å². The van der Waals surface area contributed by atoms with Crippen molar-refractivity contribution < 1.29 is 4.79 Å². The minimum atomic E-state index is -0.291. The summed E-state index contributed by atoms with van der Waals surface area (Å²) in [6, 6.07) is 20.9. The third kappa shape index (κ3) is 4.55. The monoisotopic (exact) mass is 458 g/mol. The zero-order chi connectivity index (χ0) is 23.6. The molecule has 2 heterocycles. The zero-order valence-corrected chi connectivity index (χ0v) is 20.0. The maximum Gasteiger partial charge on any atom is 0.255 e. The van der Waals surface area contributed by atoms with E-state index in [1.165, 1.54) is 0 Å². The summed E-state index contributed by atoms with van der Waals surface area (Å²) >= 11 is 6.36. The first-order chi connectivity index (χ1) is 15.8. The SMILES string of the molecule is CCC(C)(c1ccc(C(=O)Nc2ccc(Cl)c(-c3ccccn3)c2)cc1)n1nc(C)cc1C. The number of aryl methyl sites for hydroxylation is 2. The second-order valence-electron chi connectivity index (χ2n) is 8.41. The van der Waals surface area contributed by atoms with Crippen LogP contribution in [0.2, 0.25) is 5.02 Å². The number of hydrogen-bond acceptors (Lipinski definition) is 3. The first-order valence-electron chi connectivity index (χ1n) is 11.0. The lowest BCUT2D eigenvalue weighted by atomic mass is 9.88. The van der Waals surface area contributed by atoms with Crippen molar-refractivity contribution in [1.82, 2.24) is 14.8 Å². The van der Waals surface area contributed by atoms with Crippen molar-refractivity contribution in [3.8, 4) is 11.3 Å². The third-order valence-corrected chi connectivity index (χ3v) is 6.43. The van der Waals surface area contributed by atoms with Gasteiger partial charge in [0.25, 0.3) is 5.91 Å². The molecular formula is C27H27ClN4O. The number of anilines is 1. The van der Waals surface area contributed by atoms with Gasteiger partial charge in [-0.05, 0) is 81.3 Å². The Hall–Kier alpha value is -3.44. The summed E-state index contributed by atoms with van der Waals surface area (Å²) in [5.41, 5.74) is 5.70. The number of carbonyl (C=O) groups excluding carboxylic acids is 1. The van der Waals surface area contributed by atoms with Crippen LogP contribution in [-0.2, 0) is 5.54 Å². The molecular weight excluding hydrogens is 432 g/mol. The van der Waals surface area contributed by atoms with E-state index in [9.17, 15) is 4.79 Å². The summed E-state index contributed by atoms with van der Waals surface area (Å²) < 4.78 is 2.07. The van der Waals surface area contributed by atoms with Gasteiger partial charge in [0.1, 0.15) is 0 Å². The number of amides is 1. The number of pyridine rings is 1. The molecule has 4 rings (SSSR count). The molecule has 0 radical (unpaired) electrons. The van der Waals surface area contributed by atoms with Gasteiger partial charge in [-0.15, -0.1) is 0 Å². The average molecular weight is 459 g/mol. The molecule has 4 aromatic rings. The summed E-state index contributed by atoms with van der Waals surface area (Å²) in [6.07, 6.45) is 2.59. The molecule has 1 atom stereocenters. The van der Waals surface area contributed by atoms with Gasteiger partial charge in [0.15, 0.2) is 0 Å². The van der Waals surface area contributed by atoms with Crippen LogP contribution >= 0.6 is 11.6 Å². The quantitative estimate of drug-likeness (QED) is 0.352. The maximum atomic E-state index is 12.9. The van der Waals surface area contributed by atoms with Crippen LogP contribution in [-0.4, -0.2) is 20.7 Å². The molecule has 0 saturated heterocycles. The molecule has 1 unspecified atom stereocenters. The van der Waals surface area contributed by atoms with Crippen LogP contribution in [0.1, 0.15) is 47.6 Å². The molecule has 6 heteroatoms.